The fraction of sp³-hybridized carbons (Fsp3) is 1.00. The topological polar surface area (TPSA) is 15.7 Å². The third-order valence-corrected chi connectivity index (χ3v) is 7.70. The number of hydrogen-bond donors (Lipinski definition) is 0. The molecule has 0 spiro atoms. The summed E-state index contributed by atoms with van der Waals surface area (Å²) >= 11 is 2.10. The molecule has 2 saturated heterocycles. The van der Waals surface area contributed by atoms with Crippen LogP contribution in [0.5, 0.6) is 0 Å². The molecule has 0 saturated carbocycles. The van der Waals surface area contributed by atoms with Gasteiger partial charge < -0.3 is 4.74 Å². The molecule has 0 N–H and O–H groups in total. The summed E-state index contributed by atoms with van der Waals surface area (Å²) in [4.78, 5) is 5.34. The normalized spacial score (nSPS) is 27.5. The zero-order valence-electron chi connectivity index (χ0n) is 19.1. The van der Waals surface area contributed by atoms with Crippen LogP contribution in [0, 0.1) is 10.8 Å². The lowest BCUT2D eigenvalue weighted by Crippen LogP contribution is -2.54. The van der Waals surface area contributed by atoms with Gasteiger partial charge in [0.1, 0.15) is 0 Å². The zero-order chi connectivity index (χ0) is 20.0. The van der Waals surface area contributed by atoms with Crippen LogP contribution in [0.1, 0.15) is 82.1 Å². The van der Waals surface area contributed by atoms with Crippen LogP contribution in [0.3, 0.4) is 0 Å². The van der Waals surface area contributed by atoms with Gasteiger partial charge in [-0.25, -0.2) is 0 Å². The van der Waals surface area contributed by atoms with Gasteiger partial charge in [0, 0.05) is 34.8 Å². The molecule has 2 fully saturated rings. The summed E-state index contributed by atoms with van der Waals surface area (Å²) < 4.78 is 5.89. The fourth-order valence-electron chi connectivity index (χ4n) is 4.45. The van der Waals surface area contributed by atoms with E-state index in [0.29, 0.717) is 17.5 Å². The zero-order valence-corrected chi connectivity index (χ0v) is 19.9. The highest BCUT2D eigenvalue weighted by Crippen LogP contribution is 2.43. The van der Waals surface area contributed by atoms with Gasteiger partial charge in [0.25, 0.3) is 0 Å². The van der Waals surface area contributed by atoms with Crippen molar-refractivity contribution in [3.05, 3.63) is 0 Å². The Balaban J connectivity index is 2.06. The van der Waals surface area contributed by atoms with Crippen molar-refractivity contribution in [1.29, 1.82) is 0 Å². The summed E-state index contributed by atoms with van der Waals surface area (Å²) in [5.74, 6) is 2.44. The first kappa shape index (κ1) is 22.5. The molecular weight excluding hydrogens is 340 g/mol. The van der Waals surface area contributed by atoms with Crippen molar-refractivity contribution >= 4 is 11.8 Å². The van der Waals surface area contributed by atoms with Gasteiger partial charge >= 0.3 is 0 Å². The molecule has 0 aliphatic carbocycles. The van der Waals surface area contributed by atoms with Crippen LogP contribution in [-0.4, -0.2) is 57.9 Å². The Kier molecular flexibility index (Phi) is 6.56. The Morgan fingerprint density at radius 3 is 2.00 bits per heavy atom. The van der Waals surface area contributed by atoms with Crippen molar-refractivity contribution in [3.8, 4) is 0 Å². The first-order valence-electron chi connectivity index (χ1n) is 10.4. The molecule has 0 bridgehead atoms. The number of rotatable bonds is 5. The number of hydrogen-bond acceptors (Lipinski definition) is 4. The average Bonchev–Trinajstić information content (AvgIpc) is 3.13. The van der Waals surface area contributed by atoms with Crippen LogP contribution < -0.4 is 0 Å². The molecule has 2 aliphatic rings. The number of ether oxygens (including phenoxy) is 1. The van der Waals surface area contributed by atoms with Crippen molar-refractivity contribution in [1.82, 2.24) is 9.80 Å². The van der Waals surface area contributed by atoms with Crippen LogP contribution in [-0.2, 0) is 4.74 Å². The summed E-state index contributed by atoms with van der Waals surface area (Å²) in [5.41, 5.74) is 1.01. The molecule has 0 amide bonds. The maximum absolute atomic E-state index is 5.89. The van der Waals surface area contributed by atoms with E-state index in [0.717, 1.165) is 13.3 Å². The van der Waals surface area contributed by atoms with Gasteiger partial charge in [-0.3, -0.25) is 9.80 Å². The molecule has 2 heterocycles. The van der Waals surface area contributed by atoms with Crippen LogP contribution in [0.4, 0.5) is 0 Å². The minimum absolute atomic E-state index is 0.171. The summed E-state index contributed by atoms with van der Waals surface area (Å²) in [6.07, 6.45) is 2.47. The number of thioether (sulfide) groups is 1. The Bertz CT molecular complexity index is 432. The van der Waals surface area contributed by atoms with Crippen molar-refractivity contribution in [3.63, 3.8) is 0 Å². The Morgan fingerprint density at radius 2 is 1.46 bits per heavy atom. The molecule has 2 aliphatic heterocycles. The van der Waals surface area contributed by atoms with E-state index in [-0.39, 0.29) is 16.5 Å². The molecule has 26 heavy (non-hydrogen) atoms. The molecule has 2 unspecified atom stereocenters. The number of nitrogens with zero attached hydrogens (tertiary/aromatic N) is 2. The van der Waals surface area contributed by atoms with Gasteiger partial charge in [-0.1, -0.05) is 34.6 Å². The van der Waals surface area contributed by atoms with E-state index >= 15 is 0 Å². The molecule has 3 nitrogen and oxygen atoms in total. The highest BCUT2D eigenvalue weighted by Gasteiger charge is 2.45. The van der Waals surface area contributed by atoms with E-state index in [9.17, 15) is 0 Å². The first-order valence-corrected chi connectivity index (χ1v) is 11.5. The minimum Gasteiger partial charge on any atom is -0.364 e. The molecule has 154 valence electrons. The van der Waals surface area contributed by atoms with Crippen LogP contribution in [0.25, 0.3) is 0 Å². The highest BCUT2D eigenvalue weighted by molar-refractivity contribution is 7.99. The summed E-state index contributed by atoms with van der Waals surface area (Å²) in [6.45, 7) is 25.6. The Morgan fingerprint density at radius 1 is 0.846 bits per heavy atom. The highest BCUT2D eigenvalue weighted by atomic mass is 32.2. The van der Waals surface area contributed by atoms with Crippen LogP contribution in [0.2, 0.25) is 0 Å². The summed E-state index contributed by atoms with van der Waals surface area (Å²) in [5, 5.41) is 0. The van der Waals surface area contributed by atoms with E-state index in [1.165, 1.54) is 24.5 Å². The van der Waals surface area contributed by atoms with Gasteiger partial charge in [0.05, 0.1) is 13.3 Å². The van der Waals surface area contributed by atoms with Crippen LogP contribution in [0.15, 0.2) is 0 Å². The predicted octanol–water partition coefficient (Wildman–Crippen LogP) is 5.45. The first-order chi connectivity index (χ1) is 11.7. The smallest absolute Gasteiger partial charge is 0.0998 e. The molecule has 0 radical (unpaired) electrons. The molecule has 0 aromatic rings. The molecular formula is C22H44N2OS. The molecule has 0 aromatic heterocycles. The second-order valence-corrected chi connectivity index (χ2v) is 12.8. The predicted molar refractivity (Wildman–Crippen MR) is 116 cm³/mol. The van der Waals surface area contributed by atoms with E-state index in [2.05, 4.69) is 90.8 Å². The van der Waals surface area contributed by atoms with Crippen molar-refractivity contribution in [2.24, 2.45) is 10.8 Å². The standard InChI is InChI=1S/C22H44N2OS/c1-19(2,3)17-13-25-15-23(17)22(9,10)12-11-21(7,8)18-14-26-16-24(18)20(4,5)6/h17-18H,11-16H2,1-10H3. The second-order valence-electron chi connectivity index (χ2n) is 11.8. The molecule has 2 rings (SSSR count). The lowest BCUT2D eigenvalue weighted by atomic mass is 9.75. The van der Waals surface area contributed by atoms with Crippen LogP contribution >= 0.6 is 11.8 Å². The summed E-state index contributed by atoms with van der Waals surface area (Å²) in [6, 6.07) is 1.17. The van der Waals surface area contributed by atoms with Gasteiger partial charge in [-0.05, 0) is 58.3 Å². The van der Waals surface area contributed by atoms with Gasteiger partial charge in [0.15, 0.2) is 0 Å². The maximum atomic E-state index is 5.89. The average molecular weight is 385 g/mol. The monoisotopic (exact) mass is 384 g/mol. The van der Waals surface area contributed by atoms with Crippen molar-refractivity contribution in [2.45, 2.75) is 105 Å². The van der Waals surface area contributed by atoms with Crippen molar-refractivity contribution < 1.29 is 4.74 Å². The van der Waals surface area contributed by atoms with E-state index in [4.69, 9.17) is 4.74 Å². The fourth-order valence-corrected chi connectivity index (χ4v) is 6.17. The quantitative estimate of drug-likeness (QED) is 0.626. The van der Waals surface area contributed by atoms with Gasteiger partial charge in [0.2, 0.25) is 0 Å². The molecule has 2 atom stereocenters. The van der Waals surface area contributed by atoms with E-state index in [1.807, 2.05) is 0 Å². The lowest BCUT2D eigenvalue weighted by Gasteiger charge is -2.47. The minimum atomic E-state index is 0.171. The molecule has 4 heteroatoms. The second kappa shape index (κ2) is 7.57. The largest absolute Gasteiger partial charge is 0.364 e. The Hall–Kier alpha value is 0.230. The SMILES string of the molecule is CC(C)(C)C1COCN1C(C)(C)CCC(C)(C)C1CSCN1C(C)(C)C. The van der Waals surface area contributed by atoms with E-state index < -0.39 is 0 Å². The van der Waals surface area contributed by atoms with Crippen molar-refractivity contribution in [2.75, 3.05) is 25.0 Å². The third-order valence-electron chi connectivity index (χ3n) is 6.69. The van der Waals surface area contributed by atoms with Gasteiger partial charge in [-0.2, -0.15) is 0 Å². The van der Waals surface area contributed by atoms with E-state index in [1.54, 1.807) is 0 Å². The molecule has 0 aromatic carbocycles. The lowest BCUT2D eigenvalue weighted by molar-refractivity contribution is 0.00634. The maximum Gasteiger partial charge on any atom is 0.0998 e. The van der Waals surface area contributed by atoms with Gasteiger partial charge in [-0.15, -0.1) is 11.8 Å². The third kappa shape index (κ3) is 4.98. The Labute approximate surface area is 167 Å². The summed E-state index contributed by atoms with van der Waals surface area (Å²) in [7, 11) is 0.